The average molecular weight is 646 g/mol. The van der Waals surface area contributed by atoms with E-state index in [-0.39, 0.29) is 46.5 Å². The summed E-state index contributed by atoms with van der Waals surface area (Å²) in [7, 11) is 1.51. The number of fused-ring (bicyclic) bond motifs is 1. The molecule has 256 valence electrons. The summed E-state index contributed by atoms with van der Waals surface area (Å²) in [5.41, 5.74) is -0.513. The van der Waals surface area contributed by atoms with Gasteiger partial charge in [0.2, 0.25) is 5.91 Å². The van der Waals surface area contributed by atoms with Crippen LogP contribution in [0, 0.1) is 10.8 Å². The lowest BCUT2D eigenvalue weighted by Crippen LogP contribution is -2.77. The molecule has 47 heavy (non-hydrogen) atoms. The van der Waals surface area contributed by atoms with E-state index in [1.807, 2.05) is 39.8 Å². The van der Waals surface area contributed by atoms with Crippen LogP contribution in [0.1, 0.15) is 117 Å². The number of nitrogens with zero attached hydrogens (tertiary/aromatic N) is 3. The number of morpholine rings is 1. The number of likely N-dealkylation sites (N-methyl/N-ethyl adjacent to an activating group) is 1. The van der Waals surface area contributed by atoms with E-state index in [9.17, 15) is 14.4 Å². The molecule has 0 bridgehead atoms. The van der Waals surface area contributed by atoms with Crippen molar-refractivity contribution in [2.24, 2.45) is 10.8 Å². The van der Waals surface area contributed by atoms with E-state index >= 15 is 0 Å². The minimum atomic E-state index is -1.24. The highest BCUT2D eigenvalue weighted by Crippen LogP contribution is 2.56. The second kappa shape index (κ2) is 10.6. The van der Waals surface area contributed by atoms with Crippen molar-refractivity contribution < 1.29 is 23.9 Å². The van der Waals surface area contributed by atoms with Crippen molar-refractivity contribution in [1.82, 2.24) is 14.7 Å². The Morgan fingerprint density at radius 1 is 0.723 bits per heavy atom. The number of hydrogen-bond acceptors (Lipinski definition) is 6. The smallest absolute Gasteiger partial charge is 0.255 e. The summed E-state index contributed by atoms with van der Waals surface area (Å²) in [4.78, 5) is 46.3. The summed E-state index contributed by atoms with van der Waals surface area (Å²) >= 11 is 0. The van der Waals surface area contributed by atoms with E-state index in [0.29, 0.717) is 17.9 Å². The third-order valence-electron chi connectivity index (χ3n) is 13.4. The van der Waals surface area contributed by atoms with Gasteiger partial charge in [-0.1, -0.05) is 58.0 Å². The van der Waals surface area contributed by atoms with Crippen molar-refractivity contribution in [3.8, 4) is 5.75 Å². The maximum atomic E-state index is 13.9. The number of ether oxygens (including phenoxy) is 2. The van der Waals surface area contributed by atoms with Crippen molar-refractivity contribution in [1.29, 1.82) is 0 Å². The Morgan fingerprint density at radius 2 is 1.26 bits per heavy atom. The van der Waals surface area contributed by atoms with E-state index in [0.717, 1.165) is 17.7 Å². The molecular formula is C39H55N3O5. The van der Waals surface area contributed by atoms with Crippen molar-refractivity contribution in [3.63, 3.8) is 0 Å². The largest absolute Gasteiger partial charge is 0.489 e. The molecule has 2 aromatic rings. The Bertz CT molecular complexity index is 1590. The van der Waals surface area contributed by atoms with Crippen LogP contribution < -0.4 is 4.74 Å². The maximum absolute atomic E-state index is 13.9. The molecular weight excluding hydrogens is 590 g/mol. The topological polar surface area (TPSA) is 79.4 Å². The first kappa shape index (κ1) is 35.1. The van der Waals surface area contributed by atoms with Crippen LogP contribution in [-0.2, 0) is 34.0 Å². The average Bonchev–Trinajstić information content (AvgIpc) is 3.32. The molecule has 3 heterocycles. The number of hydrogen-bond donors (Lipinski definition) is 0. The standard InChI is InChI=1S/C39H55N3O5/c1-33(2)31(44)40(14)32(45)39(13,34(33,3)4)41-23-28-27(30(41)43)16-15-17-29(28)46-24-26-20-18-25(19-21-26)22-42-35(5,6)37(9,10)47-38(11,12)36(42,7)8/h15-21H,22-24H2,1-14H3. The molecule has 8 nitrogen and oxygen atoms in total. The predicted molar refractivity (Wildman–Crippen MR) is 184 cm³/mol. The number of imide groups is 1. The molecule has 2 saturated heterocycles. The van der Waals surface area contributed by atoms with Gasteiger partial charge in [0.15, 0.2) is 0 Å². The van der Waals surface area contributed by atoms with Gasteiger partial charge < -0.3 is 14.4 Å². The molecule has 0 aromatic heterocycles. The summed E-state index contributed by atoms with van der Waals surface area (Å²) in [6, 6.07) is 14.0. The van der Waals surface area contributed by atoms with Crippen LogP contribution >= 0.6 is 0 Å². The van der Waals surface area contributed by atoms with Crippen molar-refractivity contribution >= 4 is 17.7 Å². The van der Waals surface area contributed by atoms with Gasteiger partial charge in [0.05, 0.1) is 23.2 Å². The highest BCUT2D eigenvalue weighted by atomic mass is 16.5. The molecule has 0 spiro atoms. The lowest BCUT2D eigenvalue weighted by molar-refractivity contribution is -0.294. The predicted octanol–water partition coefficient (Wildman–Crippen LogP) is 6.98. The summed E-state index contributed by atoms with van der Waals surface area (Å²) < 4.78 is 13.0. The minimum Gasteiger partial charge on any atom is -0.489 e. The number of carbonyl (C=O) groups is 3. The zero-order valence-electron chi connectivity index (χ0n) is 31.0. The molecule has 5 rings (SSSR count). The fourth-order valence-electron chi connectivity index (χ4n) is 7.95. The molecule has 0 saturated carbocycles. The Labute approximate surface area is 281 Å². The molecule has 0 N–H and O–H groups in total. The van der Waals surface area contributed by atoms with E-state index in [2.05, 4.69) is 84.6 Å². The third-order valence-corrected chi connectivity index (χ3v) is 13.4. The number of amides is 3. The Morgan fingerprint density at radius 3 is 1.81 bits per heavy atom. The third kappa shape index (κ3) is 4.79. The van der Waals surface area contributed by atoms with Gasteiger partial charge in [-0.2, -0.15) is 0 Å². The molecule has 0 radical (unpaired) electrons. The summed E-state index contributed by atoms with van der Waals surface area (Å²) in [6.45, 7) is 28.5. The number of piperidine rings is 1. The monoisotopic (exact) mass is 645 g/mol. The number of rotatable bonds is 6. The van der Waals surface area contributed by atoms with E-state index < -0.39 is 16.4 Å². The van der Waals surface area contributed by atoms with Crippen molar-refractivity contribution in [2.75, 3.05) is 7.05 Å². The van der Waals surface area contributed by atoms with Crippen LogP contribution in [0.25, 0.3) is 0 Å². The Kier molecular flexibility index (Phi) is 7.94. The van der Waals surface area contributed by atoms with Crippen LogP contribution in [0.3, 0.4) is 0 Å². The molecule has 2 fully saturated rings. The quantitative estimate of drug-likeness (QED) is 0.316. The zero-order chi connectivity index (χ0) is 35.3. The molecule has 8 heteroatoms. The highest BCUT2D eigenvalue weighted by molar-refractivity contribution is 6.09. The molecule has 1 unspecified atom stereocenters. The van der Waals surface area contributed by atoms with Crippen molar-refractivity contribution in [3.05, 3.63) is 64.7 Å². The second-order valence-electron chi connectivity index (χ2n) is 17.1. The summed E-state index contributed by atoms with van der Waals surface area (Å²) in [5.74, 6) is -0.213. The zero-order valence-corrected chi connectivity index (χ0v) is 31.0. The normalized spacial score (nSPS) is 27.1. The lowest BCUT2D eigenvalue weighted by Gasteiger charge is -2.66. The van der Waals surface area contributed by atoms with Gasteiger partial charge >= 0.3 is 0 Å². The molecule has 3 aliphatic heterocycles. The first-order valence-electron chi connectivity index (χ1n) is 16.8. The van der Waals surface area contributed by atoms with E-state index in [4.69, 9.17) is 9.47 Å². The second-order valence-corrected chi connectivity index (χ2v) is 17.1. The SMILES string of the molecule is CN1C(=O)C(C)(C)C(C)(C)C(C)(N2Cc3c(OCc4ccc(CN5C(C)(C)C(C)(C)OC(C)(C)C5(C)C)cc4)cccc3C2=O)C1=O. The van der Waals surface area contributed by atoms with Gasteiger partial charge in [-0.3, -0.25) is 24.2 Å². The van der Waals surface area contributed by atoms with Gasteiger partial charge in [-0.15, -0.1) is 0 Å². The fourth-order valence-corrected chi connectivity index (χ4v) is 7.95. The van der Waals surface area contributed by atoms with Crippen LogP contribution in [0.15, 0.2) is 42.5 Å². The molecule has 2 aromatic carbocycles. The fraction of sp³-hybridized carbons (Fsp3) is 0.615. The summed E-state index contributed by atoms with van der Waals surface area (Å²) in [5, 5.41) is 0. The van der Waals surface area contributed by atoms with Gasteiger partial charge in [-0.25, -0.2) is 0 Å². The van der Waals surface area contributed by atoms with Crippen molar-refractivity contribution in [2.45, 2.75) is 138 Å². The Hall–Kier alpha value is -3.23. The molecule has 1 atom stereocenters. The molecule has 0 aliphatic carbocycles. The van der Waals surface area contributed by atoms with Crippen LogP contribution in [0.4, 0.5) is 0 Å². The minimum absolute atomic E-state index is 0.206. The number of likely N-dealkylation sites (tertiary alicyclic amines) is 1. The van der Waals surface area contributed by atoms with Crippen LogP contribution in [0.2, 0.25) is 0 Å². The van der Waals surface area contributed by atoms with Gasteiger partial charge in [0, 0.05) is 41.2 Å². The van der Waals surface area contributed by atoms with Gasteiger partial charge in [0.25, 0.3) is 11.8 Å². The molecule has 3 aliphatic rings. The first-order chi connectivity index (χ1) is 21.4. The van der Waals surface area contributed by atoms with Gasteiger partial charge in [-0.05, 0) is 85.6 Å². The Balaban J connectivity index is 1.35. The number of benzene rings is 2. The first-order valence-corrected chi connectivity index (χ1v) is 16.8. The maximum Gasteiger partial charge on any atom is 0.255 e. The van der Waals surface area contributed by atoms with Crippen LogP contribution in [0.5, 0.6) is 5.75 Å². The molecule has 3 amide bonds. The number of carbonyl (C=O) groups excluding carboxylic acids is 3. The highest BCUT2D eigenvalue weighted by Gasteiger charge is 2.67. The lowest BCUT2D eigenvalue weighted by atomic mass is 9.54. The van der Waals surface area contributed by atoms with Gasteiger partial charge in [0.1, 0.15) is 17.9 Å². The van der Waals surface area contributed by atoms with Crippen LogP contribution in [-0.4, -0.2) is 67.3 Å². The van der Waals surface area contributed by atoms with E-state index in [1.165, 1.54) is 17.5 Å². The van der Waals surface area contributed by atoms with E-state index in [1.54, 1.807) is 17.9 Å². The summed E-state index contributed by atoms with van der Waals surface area (Å²) in [6.07, 6.45) is 0.